The van der Waals surface area contributed by atoms with Crippen molar-refractivity contribution in [1.29, 1.82) is 0 Å². The number of para-hydroxylation sites is 2. The van der Waals surface area contributed by atoms with Crippen molar-refractivity contribution in [3.05, 3.63) is 185 Å². The van der Waals surface area contributed by atoms with Crippen molar-refractivity contribution in [2.24, 2.45) is 4.99 Å². The number of fused-ring (bicyclic) bond motifs is 7. The highest BCUT2D eigenvalue weighted by molar-refractivity contribution is 8.18. The fourth-order valence-corrected chi connectivity index (χ4v) is 9.94. The zero-order valence-electron chi connectivity index (χ0n) is 30.4. The number of nitrogens with zero attached hydrogens (tertiary/aromatic N) is 5. The number of aromatic nitrogens is 4. The molecule has 5 nitrogen and oxygen atoms in total. The van der Waals surface area contributed by atoms with Gasteiger partial charge in [0.2, 0.25) is 5.95 Å². The Morgan fingerprint density at radius 3 is 1.89 bits per heavy atom. The minimum atomic E-state index is -0.190. The predicted molar refractivity (Wildman–Crippen MR) is 227 cm³/mol. The van der Waals surface area contributed by atoms with E-state index in [1.54, 1.807) is 0 Å². The van der Waals surface area contributed by atoms with Crippen LogP contribution in [0, 0.1) is 0 Å². The Labute approximate surface area is 323 Å². The number of aliphatic imine (C=N–C) groups is 1. The average Bonchev–Trinajstić information content (AvgIpc) is 3.90. The van der Waals surface area contributed by atoms with Crippen LogP contribution < -0.4 is 0 Å². The lowest BCUT2D eigenvalue weighted by Crippen LogP contribution is -2.18. The van der Waals surface area contributed by atoms with Gasteiger partial charge in [-0.2, -0.15) is 9.97 Å². The third-order valence-corrected chi connectivity index (χ3v) is 12.6. The molecule has 11 rings (SSSR count). The molecule has 3 heterocycles. The zero-order valence-corrected chi connectivity index (χ0v) is 31.3. The third-order valence-electron chi connectivity index (χ3n) is 11.4. The van der Waals surface area contributed by atoms with E-state index in [9.17, 15) is 0 Å². The van der Waals surface area contributed by atoms with E-state index in [2.05, 4.69) is 170 Å². The minimum absolute atomic E-state index is 0.159. The molecule has 2 aromatic heterocycles. The molecule has 0 saturated carbocycles. The number of thioether (sulfide) groups is 1. The van der Waals surface area contributed by atoms with E-state index in [4.69, 9.17) is 19.9 Å². The summed E-state index contributed by atoms with van der Waals surface area (Å²) < 4.78 is 2.19. The summed E-state index contributed by atoms with van der Waals surface area (Å²) in [4.78, 5) is 22.4. The first-order valence-electron chi connectivity index (χ1n) is 18.8. The van der Waals surface area contributed by atoms with E-state index in [-0.39, 0.29) is 11.5 Å². The Kier molecular flexibility index (Phi) is 7.20. The molecule has 1 aliphatic heterocycles. The van der Waals surface area contributed by atoms with Crippen LogP contribution in [-0.2, 0) is 5.41 Å². The van der Waals surface area contributed by atoms with Gasteiger partial charge in [0.1, 0.15) is 5.04 Å². The normalized spacial score (nSPS) is 16.9. The largest absolute Gasteiger partial charge is 0.278 e. The van der Waals surface area contributed by atoms with Crippen molar-refractivity contribution in [1.82, 2.24) is 19.5 Å². The van der Waals surface area contributed by atoms with Crippen LogP contribution in [-0.4, -0.2) is 30.6 Å². The molecular weight excluding hydrogens is 691 g/mol. The van der Waals surface area contributed by atoms with Gasteiger partial charge in [0, 0.05) is 37.8 Å². The van der Waals surface area contributed by atoms with E-state index in [1.165, 1.54) is 43.5 Å². The van der Waals surface area contributed by atoms with Crippen LogP contribution >= 0.6 is 11.8 Å². The van der Waals surface area contributed by atoms with Crippen molar-refractivity contribution < 1.29 is 0 Å². The monoisotopic (exact) mass is 725 g/mol. The molecular formula is C49H35N5S. The highest BCUT2D eigenvalue weighted by atomic mass is 32.2. The van der Waals surface area contributed by atoms with Crippen LogP contribution in [0.5, 0.6) is 0 Å². The maximum Gasteiger partial charge on any atom is 0.238 e. The van der Waals surface area contributed by atoms with Crippen molar-refractivity contribution in [3.8, 4) is 39.9 Å². The molecule has 1 unspecified atom stereocenters. The maximum absolute atomic E-state index is 5.30. The fraction of sp³-hybridized carbons (Fsp3) is 0.102. The summed E-state index contributed by atoms with van der Waals surface area (Å²) in [6.45, 7) is 4.71. The molecule has 0 N–H and O–H groups in total. The Bertz CT molecular complexity index is 2900. The Morgan fingerprint density at radius 2 is 1.18 bits per heavy atom. The van der Waals surface area contributed by atoms with Crippen molar-refractivity contribution in [3.63, 3.8) is 0 Å². The molecule has 55 heavy (non-hydrogen) atoms. The predicted octanol–water partition coefficient (Wildman–Crippen LogP) is 11.9. The van der Waals surface area contributed by atoms with Gasteiger partial charge in [-0.05, 0) is 64.1 Å². The summed E-state index contributed by atoms with van der Waals surface area (Å²) in [5, 5.41) is 3.44. The van der Waals surface area contributed by atoms with Crippen LogP contribution in [0.15, 0.2) is 173 Å². The summed E-state index contributed by atoms with van der Waals surface area (Å²) in [6, 6.07) is 53.5. The van der Waals surface area contributed by atoms with Gasteiger partial charge < -0.3 is 0 Å². The molecule has 8 aromatic rings. The van der Waals surface area contributed by atoms with Gasteiger partial charge in [0.15, 0.2) is 11.6 Å². The van der Waals surface area contributed by atoms with E-state index >= 15 is 0 Å². The summed E-state index contributed by atoms with van der Waals surface area (Å²) in [5.41, 5.74) is 12.6. The molecule has 0 bridgehead atoms. The fourth-order valence-electron chi connectivity index (χ4n) is 8.69. The van der Waals surface area contributed by atoms with Gasteiger partial charge in [-0.3, -0.25) is 9.56 Å². The quantitative estimate of drug-likeness (QED) is 0.177. The van der Waals surface area contributed by atoms with Crippen LogP contribution in [0.4, 0.5) is 0 Å². The number of allylic oxidation sites excluding steroid dienone is 2. The first-order valence-corrected chi connectivity index (χ1v) is 19.6. The molecule has 0 spiro atoms. The van der Waals surface area contributed by atoms with Crippen molar-refractivity contribution >= 4 is 44.2 Å². The smallest absolute Gasteiger partial charge is 0.238 e. The second-order valence-electron chi connectivity index (χ2n) is 15.0. The Balaban J connectivity index is 1.09. The highest BCUT2D eigenvalue weighted by Crippen LogP contribution is 2.57. The van der Waals surface area contributed by atoms with Gasteiger partial charge in [-0.15, -0.1) is 0 Å². The topological polar surface area (TPSA) is 56.0 Å². The summed E-state index contributed by atoms with van der Waals surface area (Å²) in [6.07, 6.45) is 3.35. The van der Waals surface area contributed by atoms with E-state index in [0.717, 1.165) is 44.8 Å². The van der Waals surface area contributed by atoms with Gasteiger partial charge in [0.05, 0.1) is 17.1 Å². The van der Waals surface area contributed by atoms with Crippen molar-refractivity contribution in [2.75, 3.05) is 0 Å². The van der Waals surface area contributed by atoms with E-state index in [0.29, 0.717) is 17.6 Å². The SMILES string of the molecule is CC1(C)C2=CCC3N=C(c4ccccc4)SC3=C2c2ccc(-c3nc(-c4cccc(-c5ccccc5)c4)nc(-n4c5ccccc5c5ccccc54)n3)cc21. The van der Waals surface area contributed by atoms with Crippen LogP contribution in [0.2, 0.25) is 0 Å². The molecule has 1 atom stereocenters. The van der Waals surface area contributed by atoms with Gasteiger partial charge in [-0.1, -0.05) is 159 Å². The summed E-state index contributed by atoms with van der Waals surface area (Å²) in [5.74, 6) is 1.88. The first kappa shape index (κ1) is 32.1. The molecule has 3 aliphatic rings. The number of hydrogen-bond donors (Lipinski definition) is 0. The first-order chi connectivity index (χ1) is 27.0. The second kappa shape index (κ2) is 12.3. The molecule has 0 amide bonds. The molecule has 262 valence electrons. The van der Waals surface area contributed by atoms with E-state index in [1.807, 2.05) is 17.8 Å². The van der Waals surface area contributed by atoms with Gasteiger partial charge >= 0.3 is 0 Å². The lowest BCUT2D eigenvalue weighted by Gasteiger charge is -2.26. The molecule has 6 aromatic carbocycles. The minimum Gasteiger partial charge on any atom is -0.278 e. The number of benzene rings is 6. The number of hydrogen-bond acceptors (Lipinski definition) is 5. The van der Waals surface area contributed by atoms with Crippen LogP contribution in [0.1, 0.15) is 37.0 Å². The van der Waals surface area contributed by atoms with Crippen LogP contribution in [0.25, 0.3) is 67.2 Å². The maximum atomic E-state index is 5.30. The molecule has 0 saturated heterocycles. The second-order valence-corrected chi connectivity index (χ2v) is 16.0. The standard InChI is InChI=1S/C49H35N5S/c1-49(2)38-26-27-40-44(55-47(50-40)31-16-7-4-8-17-31)43(38)37-25-24-34(29-39(37)49)46-51-45(33-19-13-18-32(28-33)30-14-5-3-6-15-30)52-48(53-46)54-41-22-11-9-20-35(41)36-21-10-12-23-42(36)54/h3-26,28-29,40H,27H2,1-2H3. The lowest BCUT2D eigenvalue weighted by molar-refractivity contribution is 0.650. The summed E-state index contributed by atoms with van der Waals surface area (Å²) in [7, 11) is 0. The zero-order chi connectivity index (χ0) is 36.7. The molecule has 0 radical (unpaired) electrons. The number of rotatable bonds is 5. The Hall–Kier alpha value is -6.37. The van der Waals surface area contributed by atoms with E-state index < -0.39 is 0 Å². The Morgan fingerprint density at radius 1 is 0.582 bits per heavy atom. The highest BCUT2D eigenvalue weighted by Gasteiger charge is 2.44. The van der Waals surface area contributed by atoms with Crippen LogP contribution in [0.3, 0.4) is 0 Å². The van der Waals surface area contributed by atoms with Gasteiger partial charge in [-0.25, -0.2) is 4.98 Å². The average molecular weight is 726 g/mol. The summed E-state index contributed by atoms with van der Waals surface area (Å²) >= 11 is 1.84. The molecule has 2 aliphatic carbocycles. The van der Waals surface area contributed by atoms with Gasteiger partial charge in [0.25, 0.3) is 0 Å². The third kappa shape index (κ3) is 5.09. The lowest BCUT2D eigenvalue weighted by atomic mass is 9.79. The molecule has 6 heteroatoms. The van der Waals surface area contributed by atoms with Crippen molar-refractivity contribution in [2.45, 2.75) is 31.7 Å². The molecule has 0 fully saturated rings.